The van der Waals surface area contributed by atoms with Crippen molar-refractivity contribution in [3.63, 3.8) is 0 Å². The molecule has 18 heavy (non-hydrogen) atoms. The molecule has 0 amide bonds. The standard InChI is InChI=1S/C11H19N3O2S2/c1-10-3-8-17-11(10)9-13(2)18(15,16)14-6-4-12-5-7-14/h3,8,12H,4-7,9H2,1-2H3. The van der Waals surface area contributed by atoms with Crippen molar-refractivity contribution < 1.29 is 8.42 Å². The molecule has 1 aromatic rings. The van der Waals surface area contributed by atoms with Crippen LogP contribution < -0.4 is 5.32 Å². The SMILES string of the molecule is Cc1ccsc1CN(C)S(=O)(=O)N1CCNCC1. The summed E-state index contributed by atoms with van der Waals surface area (Å²) in [7, 11) is -1.67. The van der Waals surface area contributed by atoms with Crippen molar-refractivity contribution in [2.24, 2.45) is 0 Å². The maximum Gasteiger partial charge on any atom is 0.282 e. The average Bonchev–Trinajstić information content (AvgIpc) is 2.76. The smallest absolute Gasteiger partial charge is 0.282 e. The Morgan fingerprint density at radius 2 is 2.11 bits per heavy atom. The van der Waals surface area contributed by atoms with E-state index < -0.39 is 10.2 Å². The van der Waals surface area contributed by atoms with Gasteiger partial charge in [0.05, 0.1) is 0 Å². The highest BCUT2D eigenvalue weighted by atomic mass is 32.2. The molecule has 1 fully saturated rings. The molecule has 2 rings (SSSR count). The fourth-order valence-corrected chi connectivity index (χ4v) is 4.29. The van der Waals surface area contributed by atoms with Crippen LogP contribution >= 0.6 is 11.3 Å². The lowest BCUT2D eigenvalue weighted by Crippen LogP contribution is -2.50. The van der Waals surface area contributed by atoms with E-state index in [0.717, 1.165) is 23.5 Å². The first kappa shape index (κ1) is 14.0. The molecule has 1 aliphatic rings. The van der Waals surface area contributed by atoms with E-state index in [-0.39, 0.29) is 0 Å². The number of piperazine rings is 1. The van der Waals surface area contributed by atoms with Gasteiger partial charge in [-0.1, -0.05) is 0 Å². The maximum atomic E-state index is 12.4. The summed E-state index contributed by atoms with van der Waals surface area (Å²) in [6.45, 7) is 5.02. The number of hydrogen-bond donors (Lipinski definition) is 1. The molecule has 1 aliphatic heterocycles. The van der Waals surface area contributed by atoms with Crippen LogP contribution in [0.3, 0.4) is 0 Å². The highest BCUT2D eigenvalue weighted by Gasteiger charge is 2.28. The first-order valence-corrected chi connectivity index (χ1v) is 8.24. The van der Waals surface area contributed by atoms with Crippen LogP contribution in [0.5, 0.6) is 0 Å². The molecule has 0 atom stereocenters. The van der Waals surface area contributed by atoms with E-state index in [4.69, 9.17) is 0 Å². The summed E-state index contributed by atoms with van der Waals surface area (Å²) in [5.74, 6) is 0. The van der Waals surface area contributed by atoms with Crippen molar-refractivity contribution in [2.45, 2.75) is 13.5 Å². The van der Waals surface area contributed by atoms with Gasteiger partial charge in [-0.05, 0) is 23.9 Å². The molecule has 0 spiro atoms. The van der Waals surface area contributed by atoms with E-state index >= 15 is 0 Å². The fraction of sp³-hybridized carbons (Fsp3) is 0.636. The normalized spacial score (nSPS) is 18.4. The summed E-state index contributed by atoms with van der Waals surface area (Å²) in [4.78, 5) is 1.11. The van der Waals surface area contributed by atoms with Gasteiger partial charge in [0.25, 0.3) is 10.2 Å². The Kier molecular flexibility index (Phi) is 4.39. The molecule has 0 aromatic carbocycles. The molecule has 0 radical (unpaired) electrons. The molecule has 102 valence electrons. The molecule has 0 saturated carbocycles. The van der Waals surface area contributed by atoms with E-state index in [0.29, 0.717) is 19.6 Å². The Labute approximate surface area is 113 Å². The molecule has 7 heteroatoms. The van der Waals surface area contributed by atoms with Crippen molar-refractivity contribution in [1.29, 1.82) is 0 Å². The van der Waals surface area contributed by atoms with E-state index in [2.05, 4.69) is 5.32 Å². The van der Waals surface area contributed by atoms with E-state index in [1.807, 2.05) is 18.4 Å². The van der Waals surface area contributed by atoms with Gasteiger partial charge in [-0.15, -0.1) is 11.3 Å². The number of thiophene rings is 1. The molecule has 1 N–H and O–H groups in total. The van der Waals surface area contributed by atoms with Crippen LogP contribution in [0.2, 0.25) is 0 Å². The summed E-state index contributed by atoms with van der Waals surface area (Å²) in [5, 5.41) is 5.15. The highest BCUT2D eigenvalue weighted by Crippen LogP contribution is 2.19. The molecular weight excluding hydrogens is 270 g/mol. The summed E-state index contributed by atoms with van der Waals surface area (Å²) >= 11 is 1.60. The molecule has 1 aromatic heterocycles. The molecule has 0 unspecified atom stereocenters. The van der Waals surface area contributed by atoms with Crippen molar-refractivity contribution in [2.75, 3.05) is 33.2 Å². The third-order valence-electron chi connectivity index (χ3n) is 3.13. The second-order valence-corrected chi connectivity index (χ2v) is 7.48. The van der Waals surface area contributed by atoms with Crippen molar-refractivity contribution in [3.05, 3.63) is 21.9 Å². The van der Waals surface area contributed by atoms with Gasteiger partial charge in [0.1, 0.15) is 0 Å². The summed E-state index contributed by atoms with van der Waals surface area (Å²) in [5.41, 5.74) is 1.15. The second-order valence-electron chi connectivity index (χ2n) is 4.44. The fourth-order valence-electron chi connectivity index (χ4n) is 1.92. The zero-order chi connectivity index (χ0) is 13.2. The Bertz CT molecular complexity index is 492. The molecule has 1 saturated heterocycles. The second kappa shape index (κ2) is 5.66. The summed E-state index contributed by atoms with van der Waals surface area (Å²) in [6.07, 6.45) is 0. The van der Waals surface area contributed by atoms with Gasteiger partial charge in [0.15, 0.2) is 0 Å². The van der Waals surface area contributed by atoms with Crippen LogP contribution in [0.25, 0.3) is 0 Å². The number of aryl methyl sites for hydroxylation is 1. The Hall–Kier alpha value is -0.470. The lowest BCUT2D eigenvalue weighted by Gasteiger charge is -2.30. The first-order valence-electron chi connectivity index (χ1n) is 5.97. The minimum Gasteiger partial charge on any atom is -0.314 e. The van der Waals surface area contributed by atoms with Crippen molar-refractivity contribution in [1.82, 2.24) is 13.9 Å². The lowest BCUT2D eigenvalue weighted by atomic mass is 10.3. The van der Waals surface area contributed by atoms with Gasteiger partial charge in [0.2, 0.25) is 0 Å². The minimum absolute atomic E-state index is 0.454. The number of nitrogens with zero attached hydrogens (tertiary/aromatic N) is 2. The molecule has 0 bridgehead atoms. The Morgan fingerprint density at radius 1 is 1.44 bits per heavy atom. The van der Waals surface area contributed by atoms with Gasteiger partial charge in [0, 0.05) is 44.6 Å². The van der Waals surface area contributed by atoms with Crippen LogP contribution in [-0.4, -0.2) is 50.3 Å². The number of nitrogens with one attached hydrogen (secondary N) is 1. The number of rotatable bonds is 4. The van der Waals surface area contributed by atoms with Gasteiger partial charge in [-0.25, -0.2) is 0 Å². The van der Waals surface area contributed by atoms with Gasteiger partial charge >= 0.3 is 0 Å². The third-order valence-corrected chi connectivity index (χ3v) is 6.07. The quantitative estimate of drug-likeness (QED) is 0.885. The third kappa shape index (κ3) is 2.92. The van der Waals surface area contributed by atoms with E-state index in [1.165, 1.54) is 4.31 Å². The average molecular weight is 289 g/mol. The zero-order valence-corrected chi connectivity index (χ0v) is 12.4. The molecule has 2 heterocycles. The summed E-state index contributed by atoms with van der Waals surface area (Å²) < 4.78 is 27.7. The monoisotopic (exact) mass is 289 g/mol. The first-order chi connectivity index (χ1) is 8.51. The molecule has 0 aliphatic carbocycles. The van der Waals surface area contributed by atoms with Gasteiger partial charge in [-0.2, -0.15) is 17.0 Å². The molecule has 5 nitrogen and oxygen atoms in total. The minimum atomic E-state index is -3.32. The van der Waals surface area contributed by atoms with Crippen molar-refractivity contribution in [3.8, 4) is 0 Å². The van der Waals surface area contributed by atoms with Crippen LogP contribution in [0.1, 0.15) is 10.4 Å². The van der Waals surface area contributed by atoms with Crippen LogP contribution in [0.4, 0.5) is 0 Å². The topological polar surface area (TPSA) is 52.7 Å². The van der Waals surface area contributed by atoms with Crippen LogP contribution in [0.15, 0.2) is 11.4 Å². The molecular formula is C11H19N3O2S2. The van der Waals surface area contributed by atoms with E-state index in [9.17, 15) is 8.42 Å². The van der Waals surface area contributed by atoms with Crippen molar-refractivity contribution >= 4 is 21.5 Å². The van der Waals surface area contributed by atoms with Crippen LogP contribution in [-0.2, 0) is 16.8 Å². The predicted octanol–water partition coefficient (Wildman–Crippen LogP) is 0.638. The highest BCUT2D eigenvalue weighted by molar-refractivity contribution is 7.86. The van der Waals surface area contributed by atoms with Gasteiger partial charge in [-0.3, -0.25) is 0 Å². The zero-order valence-electron chi connectivity index (χ0n) is 10.7. The number of hydrogen-bond acceptors (Lipinski definition) is 4. The van der Waals surface area contributed by atoms with E-state index in [1.54, 1.807) is 22.7 Å². The largest absolute Gasteiger partial charge is 0.314 e. The predicted molar refractivity (Wildman–Crippen MR) is 73.9 cm³/mol. The Morgan fingerprint density at radius 3 is 2.67 bits per heavy atom. The van der Waals surface area contributed by atoms with Gasteiger partial charge < -0.3 is 5.32 Å². The van der Waals surface area contributed by atoms with Crippen LogP contribution in [0, 0.1) is 6.92 Å². The lowest BCUT2D eigenvalue weighted by molar-refractivity contribution is 0.325. The Balaban J connectivity index is 2.07. The maximum absolute atomic E-state index is 12.4. The summed E-state index contributed by atoms with van der Waals surface area (Å²) in [6, 6.07) is 2.02.